The van der Waals surface area contributed by atoms with Gasteiger partial charge in [0.15, 0.2) is 0 Å². The summed E-state index contributed by atoms with van der Waals surface area (Å²) in [6.07, 6.45) is 2.96. The standard InChI is InChI=1S/C19H24N2O2S/c1-14-6-9-17(20)13-19(14)16-7-10-18(11-8-16)24(22,23)21-12-4-3-5-15(21)2/h6-11,13,15H,3-5,12,20H2,1-2H3. The predicted octanol–water partition coefficient (Wildman–Crippen LogP) is 3.81. The Morgan fingerprint density at radius 3 is 2.46 bits per heavy atom. The summed E-state index contributed by atoms with van der Waals surface area (Å²) < 4.78 is 27.4. The Labute approximate surface area is 144 Å². The van der Waals surface area contributed by atoms with Crippen molar-refractivity contribution in [1.82, 2.24) is 4.31 Å². The van der Waals surface area contributed by atoms with Crippen LogP contribution in [-0.4, -0.2) is 25.3 Å². The van der Waals surface area contributed by atoms with Gasteiger partial charge in [0.2, 0.25) is 10.0 Å². The maximum atomic E-state index is 12.9. The van der Waals surface area contributed by atoms with E-state index in [4.69, 9.17) is 5.73 Å². The molecule has 0 spiro atoms. The van der Waals surface area contributed by atoms with Crippen LogP contribution in [0.3, 0.4) is 0 Å². The molecule has 0 radical (unpaired) electrons. The van der Waals surface area contributed by atoms with Gasteiger partial charge in [-0.3, -0.25) is 0 Å². The molecule has 24 heavy (non-hydrogen) atoms. The average molecular weight is 344 g/mol. The SMILES string of the molecule is Cc1ccc(N)cc1-c1ccc(S(=O)(=O)N2CCCCC2C)cc1. The van der Waals surface area contributed by atoms with Crippen LogP contribution in [0.1, 0.15) is 31.7 Å². The molecule has 0 bridgehead atoms. The zero-order valence-electron chi connectivity index (χ0n) is 14.2. The van der Waals surface area contributed by atoms with Crippen LogP contribution in [0.15, 0.2) is 47.4 Å². The van der Waals surface area contributed by atoms with Crippen LogP contribution in [0, 0.1) is 6.92 Å². The van der Waals surface area contributed by atoms with E-state index < -0.39 is 10.0 Å². The first kappa shape index (κ1) is 17.0. The molecule has 1 heterocycles. The molecule has 2 N–H and O–H groups in total. The number of piperidine rings is 1. The molecule has 1 atom stereocenters. The minimum absolute atomic E-state index is 0.0691. The van der Waals surface area contributed by atoms with Crippen molar-refractivity contribution in [3.8, 4) is 11.1 Å². The fourth-order valence-corrected chi connectivity index (χ4v) is 5.02. The lowest BCUT2D eigenvalue weighted by molar-refractivity contribution is 0.268. The van der Waals surface area contributed by atoms with Crippen molar-refractivity contribution in [2.75, 3.05) is 12.3 Å². The topological polar surface area (TPSA) is 63.4 Å². The van der Waals surface area contributed by atoms with E-state index in [1.807, 2.05) is 44.2 Å². The van der Waals surface area contributed by atoms with Gasteiger partial charge >= 0.3 is 0 Å². The summed E-state index contributed by atoms with van der Waals surface area (Å²) in [5.41, 5.74) is 9.70. The molecule has 128 valence electrons. The van der Waals surface area contributed by atoms with Crippen molar-refractivity contribution in [2.24, 2.45) is 0 Å². The van der Waals surface area contributed by atoms with Crippen LogP contribution in [-0.2, 0) is 10.0 Å². The maximum Gasteiger partial charge on any atom is 0.243 e. The highest BCUT2D eigenvalue weighted by molar-refractivity contribution is 7.89. The Hall–Kier alpha value is -1.85. The monoisotopic (exact) mass is 344 g/mol. The first-order chi connectivity index (χ1) is 11.4. The van der Waals surface area contributed by atoms with Crippen molar-refractivity contribution in [3.05, 3.63) is 48.0 Å². The molecule has 2 aromatic rings. The Morgan fingerprint density at radius 1 is 1.08 bits per heavy atom. The second-order valence-electron chi connectivity index (χ2n) is 6.56. The van der Waals surface area contributed by atoms with E-state index in [9.17, 15) is 8.42 Å². The molecular formula is C19H24N2O2S. The third kappa shape index (κ3) is 3.19. The molecule has 1 aliphatic rings. The van der Waals surface area contributed by atoms with E-state index >= 15 is 0 Å². The van der Waals surface area contributed by atoms with E-state index in [0.29, 0.717) is 17.1 Å². The highest BCUT2D eigenvalue weighted by atomic mass is 32.2. The molecule has 0 saturated carbocycles. The second-order valence-corrected chi connectivity index (χ2v) is 8.45. The van der Waals surface area contributed by atoms with E-state index in [0.717, 1.165) is 36.0 Å². The number of nitrogen functional groups attached to an aromatic ring is 1. The third-order valence-electron chi connectivity index (χ3n) is 4.78. The number of nitrogens with two attached hydrogens (primary N) is 1. The minimum atomic E-state index is -3.42. The third-order valence-corrected chi connectivity index (χ3v) is 6.80. The smallest absolute Gasteiger partial charge is 0.243 e. The Morgan fingerprint density at radius 2 is 1.79 bits per heavy atom. The van der Waals surface area contributed by atoms with Crippen LogP contribution >= 0.6 is 0 Å². The summed E-state index contributed by atoms with van der Waals surface area (Å²) in [6, 6.07) is 13.0. The molecule has 1 unspecified atom stereocenters. The highest BCUT2D eigenvalue weighted by Crippen LogP contribution is 2.29. The van der Waals surface area contributed by atoms with E-state index in [-0.39, 0.29) is 6.04 Å². The Kier molecular flexibility index (Phi) is 4.65. The summed E-state index contributed by atoms with van der Waals surface area (Å²) in [5, 5.41) is 0. The summed E-state index contributed by atoms with van der Waals surface area (Å²) in [5.74, 6) is 0. The van der Waals surface area contributed by atoms with Gasteiger partial charge in [-0.2, -0.15) is 4.31 Å². The van der Waals surface area contributed by atoms with Gasteiger partial charge in [-0.05, 0) is 67.6 Å². The number of benzene rings is 2. The van der Waals surface area contributed by atoms with Crippen LogP contribution in [0.5, 0.6) is 0 Å². The molecule has 1 saturated heterocycles. The lowest BCUT2D eigenvalue weighted by Crippen LogP contribution is -2.41. The van der Waals surface area contributed by atoms with Crippen molar-refractivity contribution in [1.29, 1.82) is 0 Å². The summed E-state index contributed by atoms with van der Waals surface area (Å²) in [6.45, 7) is 4.62. The molecule has 0 aromatic heterocycles. The highest BCUT2D eigenvalue weighted by Gasteiger charge is 2.30. The van der Waals surface area contributed by atoms with E-state index in [1.165, 1.54) is 0 Å². The van der Waals surface area contributed by atoms with Gasteiger partial charge in [-0.15, -0.1) is 0 Å². The summed E-state index contributed by atoms with van der Waals surface area (Å²) in [7, 11) is -3.42. The fourth-order valence-electron chi connectivity index (χ4n) is 3.32. The first-order valence-electron chi connectivity index (χ1n) is 8.38. The molecule has 0 amide bonds. The van der Waals surface area contributed by atoms with Crippen molar-refractivity contribution in [2.45, 2.75) is 44.0 Å². The lowest BCUT2D eigenvalue weighted by Gasteiger charge is -2.32. The Bertz CT molecular complexity index is 829. The summed E-state index contributed by atoms with van der Waals surface area (Å²) >= 11 is 0. The van der Waals surface area contributed by atoms with Gasteiger partial charge in [0, 0.05) is 18.3 Å². The van der Waals surface area contributed by atoms with E-state index in [1.54, 1.807) is 16.4 Å². The molecule has 3 rings (SSSR count). The molecule has 2 aromatic carbocycles. The van der Waals surface area contributed by atoms with Gasteiger partial charge in [-0.1, -0.05) is 24.6 Å². The molecular weight excluding hydrogens is 320 g/mol. The molecule has 4 nitrogen and oxygen atoms in total. The van der Waals surface area contributed by atoms with Crippen LogP contribution in [0.4, 0.5) is 5.69 Å². The van der Waals surface area contributed by atoms with Crippen LogP contribution < -0.4 is 5.73 Å². The van der Waals surface area contributed by atoms with Gasteiger partial charge < -0.3 is 5.73 Å². The second kappa shape index (κ2) is 6.57. The first-order valence-corrected chi connectivity index (χ1v) is 9.82. The van der Waals surface area contributed by atoms with E-state index in [2.05, 4.69) is 0 Å². The number of rotatable bonds is 3. The van der Waals surface area contributed by atoms with Crippen molar-refractivity contribution >= 4 is 15.7 Å². The number of hydrogen-bond acceptors (Lipinski definition) is 3. The number of hydrogen-bond donors (Lipinski definition) is 1. The van der Waals surface area contributed by atoms with Gasteiger partial charge in [0.1, 0.15) is 0 Å². The quantitative estimate of drug-likeness (QED) is 0.861. The van der Waals surface area contributed by atoms with Gasteiger partial charge in [-0.25, -0.2) is 8.42 Å². The maximum absolute atomic E-state index is 12.9. The lowest BCUT2D eigenvalue weighted by atomic mass is 10.0. The van der Waals surface area contributed by atoms with Gasteiger partial charge in [0.05, 0.1) is 4.90 Å². The zero-order chi connectivity index (χ0) is 17.3. The number of aryl methyl sites for hydroxylation is 1. The van der Waals surface area contributed by atoms with Crippen LogP contribution in [0.25, 0.3) is 11.1 Å². The van der Waals surface area contributed by atoms with Crippen molar-refractivity contribution < 1.29 is 8.42 Å². The average Bonchev–Trinajstić information content (AvgIpc) is 2.57. The fraction of sp³-hybridized carbons (Fsp3) is 0.368. The number of anilines is 1. The molecule has 1 aliphatic heterocycles. The number of sulfonamides is 1. The van der Waals surface area contributed by atoms with Crippen molar-refractivity contribution in [3.63, 3.8) is 0 Å². The summed E-state index contributed by atoms with van der Waals surface area (Å²) in [4.78, 5) is 0.363. The normalized spacial score (nSPS) is 19.3. The largest absolute Gasteiger partial charge is 0.399 e. The zero-order valence-corrected chi connectivity index (χ0v) is 15.0. The molecule has 5 heteroatoms. The Balaban J connectivity index is 1.93. The van der Waals surface area contributed by atoms with Crippen LogP contribution in [0.2, 0.25) is 0 Å². The predicted molar refractivity (Wildman–Crippen MR) is 98.2 cm³/mol. The molecule has 1 fully saturated rings. The molecule has 0 aliphatic carbocycles. The number of nitrogens with zero attached hydrogens (tertiary/aromatic N) is 1. The van der Waals surface area contributed by atoms with Gasteiger partial charge in [0.25, 0.3) is 0 Å². The minimum Gasteiger partial charge on any atom is -0.399 e.